The Hall–Kier alpha value is -0.320. The van der Waals surface area contributed by atoms with Crippen LogP contribution in [0.4, 0.5) is 0 Å². The highest BCUT2D eigenvalue weighted by Crippen LogP contribution is 2.33. The number of halogens is 2. The van der Waals surface area contributed by atoms with E-state index in [2.05, 4.69) is 20.9 Å². The Morgan fingerprint density at radius 3 is 2.77 bits per heavy atom. The molecule has 0 spiro atoms. The van der Waals surface area contributed by atoms with Gasteiger partial charge in [-0.2, -0.15) is 0 Å². The zero-order chi connectivity index (χ0) is 9.42. The predicted molar refractivity (Wildman–Crippen MR) is 59.2 cm³/mol. The monoisotopic (exact) mass is 276 g/mol. The first-order valence-electron chi connectivity index (χ1n) is 3.61. The number of rotatable bonds is 1. The van der Waals surface area contributed by atoms with Crippen LogP contribution in [0.2, 0.25) is 4.34 Å². The molecule has 2 aromatic rings. The largest absolute Gasteiger partial charge is 0.328 e. The van der Waals surface area contributed by atoms with Crippen molar-refractivity contribution >= 4 is 38.9 Å². The van der Waals surface area contributed by atoms with Crippen LogP contribution in [-0.2, 0) is 7.05 Å². The molecule has 68 valence electrons. The lowest BCUT2D eigenvalue weighted by Crippen LogP contribution is -1.82. The van der Waals surface area contributed by atoms with Crippen molar-refractivity contribution < 1.29 is 0 Å². The second-order valence-electron chi connectivity index (χ2n) is 2.60. The van der Waals surface area contributed by atoms with Crippen LogP contribution in [0.5, 0.6) is 0 Å². The molecule has 0 amide bonds. The Bertz CT molecular complexity index is 435. The van der Waals surface area contributed by atoms with E-state index in [9.17, 15) is 0 Å². The first-order chi connectivity index (χ1) is 6.18. The molecule has 0 aliphatic rings. The molecule has 0 unspecified atom stereocenters. The highest BCUT2D eigenvalue weighted by Gasteiger charge is 2.09. The van der Waals surface area contributed by atoms with Gasteiger partial charge in [-0.25, -0.2) is 4.98 Å². The fraction of sp³-hybridized carbons (Fsp3) is 0.125. The lowest BCUT2D eigenvalue weighted by molar-refractivity contribution is 0.891. The Morgan fingerprint density at radius 2 is 2.31 bits per heavy atom. The first kappa shape index (κ1) is 9.24. The van der Waals surface area contributed by atoms with Crippen LogP contribution in [0.15, 0.2) is 23.1 Å². The molecule has 0 bridgehead atoms. The molecule has 0 aromatic carbocycles. The molecule has 2 nitrogen and oxygen atoms in total. The second-order valence-corrected chi connectivity index (χ2v) is 5.06. The standard InChI is InChI=1S/C8H6BrClN2S/c1-12-4-11-7(8(12)9)5-2-3-6(10)13-5/h2-4H,1H3. The zero-order valence-electron chi connectivity index (χ0n) is 6.79. The van der Waals surface area contributed by atoms with Crippen molar-refractivity contribution in [3.05, 3.63) is 27.4 Å². The molecule has 0 aliphatic carbocycles. The highest BCUT2D eigenvalue weighted by atomic mass is 79.9. The Balaban J connectivity index is 2.52. The van der Waals surface area contributed by atoms with Crippen LogP contribution in [0.25, 0.3) is 10.6 Å². The smallest absolute Gasteiger partial charge is 0.113 e. The van der Waals surface area contributed by atoms with Gasteiger partial charge >= 0.3 is 0 Å². The van der Waals surface area contributed by atoms with Gasteiger partial charge in [0.1, 0.15) is 10.3 Å². The van der Waals surface area contributed by atoms with Gasteiger partial charge in [0.15, 0.2) is 0 Å². The van der Waals surface area contributed by atoms with Crippen molar-refractivity contribution in [1.29, 1.82) is 0 Å². The van der Waals surface area contributed by atoms with Crippen molar-refractivity contribution in [2.24, 2.45) is 7.05 Å². The summed E-state index contributed by atoms with van der Waals surface area (Å²) >= 11 is 10.8. The summed E-state index contributed by atoms with van der Waals surface area (Å²) in [4.78, 5) is 5.35. The molecule has 0 fully saturated rings. The van der Waals surface area contributed by atoms with Crippen LogP contribution in [0.3, 0.4) is 0 Å². The van der Waals surface area contributed by atoms with Crippen LogP contribution in [0, 0.1) is 0 Å². The molecular weight excluding hydrogens is 272 g/mol. The molecule has 2 heterocycles. The van der Waals surface area contributed by atoms with Crippen molar-refractivity contribution in [2.75, 3.05) is 0 Å². The third-order valence-electron chi connectivity index (χ3n) is 1.67. The van der Waals surface area contributed by atoms with Gasteiger partial charge in [-0.3, -0.25) is 0 Å². The van der Waals surface area contributed by atoms with Gasteiger partial charge in [0.2, 0.25) is 0 Å². The Kier molecular flexibility index (Phi) is 2.45. The van der Waals surface area contributed by atoms with E-state index in [0.29, 0.717) is 0 Å². The van der Waals surface area contributed by atoms with E-state index >= 15 is 0 Å². The van der Waals surface area contributed by atoms with Gasteiger partial charge < -0.3 is 4.57 Å². The van der Waals surface area contributed by atoms with E-state index in [1.165, 1.54) is 11.3 Å². The maximum atomic E-state index is 5.84. The van der Waals surface area contributed by atoms with Gasteiger partial charge in [-0.15, -0.1) is 11.3 Å². The van der Waals surface area contributed by atoms with Crippen LogP contribution >= 0.6 is 38.9 Å². The summed E-state index contributed by atoms with van der Waals surface area (Å²) in [6, 6.07) is 3.85. The van der Waals surface area contributed by atoms with E-state index in [1.54, 1.807) is 6.33 Å². The number of hydrogen-bond acceptors (Lipinski definition) is 2. The minimum absolute atomic E-state index is 0.785. The summed E-state index contributed by atoms with van der Waals surface area (Å²) in [5.41, 5.74) is 0.944. The minimum Gasteiger partial charge on any atom is -0.328 e. The fourth-order valence-electron chi connectivity index (χ4n) is 1.02. The lowest BCUT2D eigenvalue weighted by Gasteiger charge is -1.93. The highest BCUT2D eigenvalue weighted by molar-refractivity contribution is 9.10. The van der Waals surface area contributed by atoms with Crippen LogP contribution < -0.4 is 0 Å². The predicted octanol–water partition coefficient (Wildman–Crippen LogP) is 3.56. The summed E-state index contributed by atoms with van der Waals surface area (Å²) in [5.74, 6) is 0. The number of imidazole rings is 1. The van der Waals surface area contributed by atoms with Gasteiger partial charge in [-0.05, 0) is 28.1 Å². The zero-order valence-corrected chi connectivity index (χ0v) is 9.95. The Labute approximate surface area is 93.3 Å². The summed E-state index contributed by atoms with van der Waals surface area (Å²) in [6.45, 7) is 0. The van der Waals surface area contributed by atoms with Crippen LogP contribution in [0.1, 0.15) is 0 Å². The molecule has 0 N–H and O–H groups in total. The fourth-order valence-corrected chi connectivity index (χ4v) is 2.60. The SMILES string of the molecule is Cn1cnc(-c2ccc(Cl)s2)c1Br. The third kappa shape index (κ3) is 1.66. The average Bonchev–Trinajstić information content (AvgIpc) is 2.62. The summed E-state index contributed by atoms with van der Waals surface area (Å²) in [6.07, 6.45) is 1.77. The first-order valence-corrected chi connectivity index (χ1v) is 5.60. The van der Waals surface area contributed by atoms with Gasteiger partial charge in [0.05, 0.1) is 15.5 Å². The summed E-state index contributed by atoms with van der Waals surface area (Å²) < 4.78 is 3.68. The molecule has 0 aliphatic heterocycles. The second kappa shape index (κ2) is 3.44. The molecule has 2 rings (SSSR count). The topological polar surface area (TPSA) is 17.8 Å². The molecule has 13 heavy (non-hydrogen) atoms. The molecule has 2 aromatic heterocycles. The lowest BCUT2D eigenvalue weighted by atomic mass is 10.4. The van der Waals surface area contributed by atoms with Crippen molar-refractivity contribution in [2.45, 2.75) is 0 Å². The normalized spacial score (nSPS) is 10.7. The number of nitrogens with zero attached hydrogens (tertiary/aromatic N) is 2. The van der Waals surface area contributed by atoms with Crippen molar-refractivity contribution in [3.63, 3.8) is 0 Å². The molecule has 0 saturated carbocycles. The number of aryl methyl sites for hydroxylation is 1. The molecule has 0 radical (unpaired) electrons. The van der Waals surface area contributed by atoms with Gasteiger partial charge in [0, 0.05) is 7.05 Å². The number of aromatic nitrogens is 2. The maximum Gasteiger partial charge on any atom is 0.113 e. The quantitative estimate of drug-likeness (QED) is 0.779. The molecule has 0 atom stereocenters. The molecule has 5 heteroatoms. The van der Waals surface area contributed by atoms with Crippen molar-refractivity contribution in [1.82, 2.24) is 9.55 Å². The summed E-state index contributed by atoms with van der Waals surface area (Å²) in [5, 5.41) is 0. The minimum atomic E-state index is 0.785. The number of hydrogen-bond donors (Lipinski definition) is 0. The van der Waals surface area contributed by atoms with E-state index in [-0.39, 0.29) is 0 Å². The third-order valence-corrected chi connectivity index (χ3v) is 3.84. The maximum absolute atomic E-state index is 5.84. The van der Waals surface area contributed by atoms with Crippen molar-refractivity contribution in [3.8, 4) is 10.6 Å². The number of thiophene rings is 1. The van der Waals surface area contributed by atoms with E-state index < -0.39 is 0 Å². The van der Waals surface area contributed by atoms with Gasteiger partial charge in [-0.1, -0.05) is 11.6 Å². The average molecular weight is 278 g/mol. The van der Waals surface area contributed by atoms with Crippen LogP contribution in [-0.4, -0.2) is 9.55 Å². The van der Waals surface area contributed by atoms with E-state index in [4.69, 9.17) is 11.6 Å². The Morgan fingerprint density at radius 1 is 1.54 bits per heavy atom. The van der Waals surface area contributed by atoms with E-state index in [1.807, 2.05) is 23.7 Å². The molecule has 0 saturated heterocycles. The van der Waals surface area contributed by atoms with Gasteiger partial charge in [0.25, 0.3) is 0 Å². The van der Waals surface area contributed by atoms with E-state index in [0.717, 1.165) is 19.5 Å². The summed E-state index contributed by atoms with van der Waals surface area (Å²) in [7, 11) is 1.94. The molecular formula is C8H6BrClN2S.